The monoisotopic (exact) mass is 307 g/mol. The summed E-state index contributed by atoms with van der Waals surface area (Å²) in [7, 11) is 0. The fraction of sp³-hybridized carbons (Fsp3) is 0.294. The standard InChI is InChI=1S/C17H21NO2.ClH/c1-3-19-14-10-11-15(16(12-14)20-4-2)17(18)13-8-6-5-7-9-13;/h5-12,17H,3-4,18H2,1-2H3;1H. The number of ether oxygens (including phenoxy) is 2. The first-order valence-electron chi connectivity index (χ1n) is 6.96. The molecule has 0 spiro atoms. The van der Waals surface area contributed by atoms with Gasteiger partial charge in [0.05, 0.1) is 19.3 Å². The van der Waals surface area contributed by atoms with Crippen LogP contribution in [0.15, 0.2) is 48.5 Å². The molecule has 0 fully saturated rings. The highest BCUT2D eigenvalue weighted by Gasteiger charge is 2.15. The normalized spacial score (nSPS) is 11.4. The molecule has 0 aliphatic rings. The van der Waals surface area contributed by atoms with Gasteiger partial charge in [0, 0.05) is 11.6 Å². The molecule has 2 aromatic rings. The van der Waals surface area contributed by atoms with Gasteiger partial charge >= 0.3 is 0 Å². The summed E-state index contributed by atoms with van der Waals surface area (Å²) in [6.45, 7) is 5.16. The van der Waals surface area contributed by atoms with Crippen LogP contribution in [-0.4, -0.2) is 13.2 Å². The van der Waals surface area contributed by atoms with Crippen LogP contribution in [0.5, 0.6) is 11.5 Å². The molecule has 0 aromatic heterocycles. The summed E-state index contributed by atoms with van der Waals surface area (Å²) in [5, 5.41) is 0. The zero-order valence-electron chi connectivity index (χ0n) is 12.4. The van der Waals surface area contributed by atoms with Crippen LogP contribution in [0.3, 0.4) is 0 Å². The quantitative estimate of drug-likeness (QED) is 0.878. The molecular weight excluding hydrogens is 286 g/mol. The van der Waals surface area contributed by atoms with Crippen molar-refractivity contribution in [2.45, 2.75) is 19.9 Å². The minimum absolute atomic E-state index is 0. The van der Waals surface area contributed by atoms with Gasteiger partial charge in [-0.1, -0.05) is 30.3 Å². The summed E-state index contributed by atoms with van der Waals surface area (Å²) in [4.78, 5) is 0. The summed E-state index contributed by atoms with van der Waals surface area (Å²) < 4.78 is 11.2. The van der Waals surface area contributed by atoms with Crippen molar-refractivity contribution < 1.29 is 9.47 Å². The molecule has 1 atom stereocenters. The molecule has 0 heterocycles. The van der Waals surface area contributed by atoms with E-state index in [1.807, 2.05) is 62.4 Å². The van der Waals surface area contributed by atoms with E-state index in [9.17, 15) is 0 Å². The molecule has 3 nitrogen and oxygen atoms in total. The third kappa shape index (κ3) is 4.38. The third-order valence-electron chi connectivity index (χ3n) is 3.09. The number of nitrogens with two attached hydrogens (primary N) is 1. The maximum atomic E-state index is 6.35. The van der Waals surface area contributed by atoms with E-state index in [1.54, 1.807) is 0 Å². The fourth-order valence-electron chi connectivity index (χ4n) is 2.15. The number of halogens is 1. The van der Waals surface area contributed by atoms with Crippen LogP contribution in [0.25, 0.3) is 0 Å². The summed E-state index contributed by atoms with van der Waals surface area (Å²) >= 11 is 0. The average Bonchev–Trinajstić information content (AvgIpc) is 2.48. The van der Waals surface area contributed by atoms with Crippen molar-refractivity contribution in [3.8, 4) is 11.5 Å². The Labute approximate surface area is 132 Å². The second-order valence-corrected chi connectivity index (χ2v) is 4.45. The van der Waals surface area contributed by atoms with Crippen LogP contribution in [0.4, 0.5) is 0 Å². The lowest BCUT2D eigenvalue weighted by molar-refractivity contribution is 0.320. The largest absolute Gasteiger partial charge is 0.494 e. The van der Waals surface area contributed by atoms with Gasteiger partial charge in [-0.2, -0.15) is 0 Å². The molecule has 4 heteroatoms. The highest BCUT2D eigenvalue weighted by atomic mass is 35.5. The smallest absolute Gasteiger partial charge is 0.128 e. The van der Waals surface area contributed by atoms with Gasteiger partial charge < -0.3 is 15.2 Å². The predicted molar refractivity (Wildman–Crippen MR) is 88.5 cm³/mol. The molecule has 2 rings (SSSR count). The second kappa shape index (κ2) is 8.55. The molecule has 0 radical (unpaired) electrons. The maximum Gasteiger partial charge on any atom is 0.128 e. The van der Waals surface area contributed by atoms with Gasteiger partial charge in [-0.3, -0.25) is 0 Å². The average molecular weight is 308 g/mol. The molecule has 0 saturated heterocycles. The van der Waals surface area contributed by atoms with E-state index < -0.39 is 0 Å². The third-order valence-corrected chi connectivity index (χ3v) is 3.09. The molecule has 0 aliphatic carbocycles. The molecule has 2 aromatic carbocycles. The van der Waals surface area contributed by atoms with Gasteiger partial charge in [-0.25, -0.2) is 0 Å². The Morgan fingerprint density at radius 2 is 1.62 bits per heavy atom. The minimum Gasteiger partial charge on any atom is -0.494 e. The Balaban J connectivity index is 0.00000220. The lowest BCUT2D eigenvalue weighted by Gasteiger charge is -2.18. The van der Waals surface area contributed by atoms with Crippen molar-refractivity contribution in [3.05, 3.63) is 59.7 Å². The zero-order valence-corrected chi connectivity index (χ0v) is 13.2. The summed E-state index contributed by atoms with van der Waals surface area (Å²) in [6, 6.07) is 15.6. The van der Waals surface area contributed by atoms with Crippen LogP contribution in [0.2, 0.25) is 0 Å². The van der Waals surface area contributed by atoms with Crippen molar-refractivity contribution in [2.24, 2.45) is 5.73 Å². The van der Waals surface area contributed by atoms with Crippen LogP contribution in [0.1, 0.15) is 31.0 Å². The van der Waals surface area contributed by atoms with Crippen molar-refractivity contribution in [3.63, 3.8) is 0 Å². The van der Waals surface area contributed by atoms with Crippen LogP contribution >= 0.6 is 12.4 Å². The van der Waals surface area contributed by atoms with Gasteiger partial charge in [0.1, 0.15) is 11.5 Å². The fourth-order valence-corrected chi connectivity index (χ4v) is 2.15. The lowest BCUT2D eigenvalue weighted by Crippen LogP contribution is -2.13. The lowest BCUT2D eigenvalue weighted by atomic mass is 9.98. The van der Waals surface area contributed by atoms with Gasteiger partial charge in [-0.15, -0.1) is 12.4 Å². The maximum absolute atomic E-state index is 6.35. The molecule has 21 heavy (non-hydrogen) atoms. The van der Waals surface area contributed by atoms with E-state index in [2.05, 4.69) is 0 Å². The Kier molecular flexibility index (Phi) is 7.06. The van der Waals surface area contributed by atoms with E-state index in [1.165, 1.54) is 0 Å². The van der Waals surface area contributed by atoms with Gasteiger partial charge in [0.15, 0.2) is 0 Å². The van der Waals surface area contributed by atoms with Crippen molar-refractivity contribution in [2.75, 3.05) is 13.2 Å². The molecule has 1 unspecified atom stereocenters. The first-order chi connectivity index (χ1) is 9.76. The van der Waals surface area contributed by atoms with Crippen LogP contribution < -0.4 is 15.2 Å². The summed E-state index contributed by atoms with van der Waals surface area (Å²) in [5.74, 6) is 1.59. The minimum atomic E-state index is -0.201. The van der Waals surface area contributed by atoms with Crippen molar-refractivity contribution >= 4 is 12.4 Å². The highest BCUT2D eigenvalue weighted by molar-refractivity contribution is 5.85. The zero-order chi connectivity index (χ0) is 14.4. The van der Waals surface area contributed by atoms with Crippen LogP contribution in [-0.2, 0) is 0 Å². The summed E-state index contributed by atoms with van der Waals surface area (Å²) in [5.41, 5.74) is 8.39. The Hall–Kier alpha value is -1.71. The topological polar surface area (TPSA) is 44.5 Å². The van der Waals surface area contributed by atoms with Gasteiger partial charge in [0.2, 0.25) is 0 Å². The number of hydrogen-bond acceptors (Lipinski definition) is 3. The highest BCUT2D eigenvalue weighted by Crippen LogP contribution is 2.31. The molecule has 2 N–H and O–H groups in total. The Morgan fingerprint density at radius 1 is 0.952 bits per heavy atom. The molecular formula is C17H22ClNO2. The van der Waals surface area contributed by atoms with E-state index in [-0.39, 0.29) is 18.4 Å². The molecule has 0 bridgehead atoms. The number of benzene rings is 2. The van der Waals surface area contributed by atoms with E-state index >= 15 is 0 Å². The SMILES string of the molecule is CCOc1ccc(C(N)c2ccccc2)c(OCC)c1.Cl. The van der Waals surface area contributed by atoms with Crippen LogP contribution in [0, 0.1) is 0 Å². The first kappa shape index (κ1) is 17.3. The number of hydrogen-bond donors (Lipinski definition) is 1. The van der Waals surface area contributed by atoms with Gasteiger partial charge in [-0.05, 0) is 31.5 Å². The van der Waals surface area contributed by atoms with Crippen molar-refractivity contribution in [1.29, 1.82) is 0 Å². The molecule has 0 saturated carbocycles. The first-order valence-corrected chi connectivity index (χ1v) is 6.96. The van der Waals surface area contributed by atoms with Crippen molar-refractivity contribution in [1.82, 2.24) is 0 Å². The predicted octanol–water partition coefficient (Wildman–Crippen LogP) is 3.95. The second-order valence-electron chi connectivity index (χ2n) is 4.45. The van der Waals surface area contributed by atoms with E-state index in [0.29, 0.717) is 13.2 Å². The van der Waals surface area contributed by atoms with E-state index in [0.717, 1.165) is 22.6 Å². The number of rotatable bonds is 6. The molecule has 0 amide bonds. The molecule has 0 aliphatic heterocycles. The molecule has 114 valence electrons. The van der Waals surface area contributed by atoms with Gasteiger partial charge in [0.25, 0.3) is 0 Å². The van der Waals surface area contributed by atoms with E-state index in [4.69, 9.17) is 15.2 Å². The summed E-state index contributed by atoms with van der Waals surface area (Å²) in [6.07, 6.45) is 0. The Bertz CT molecular complexity index is 546. The Morgan fingerprint density at radius 3 is 2.24 bits per heavy atom.